The van der Waals surface area contributed by atoms with E-state index in [2.05, 4.69) is 17.2 Å². The van der Waals surface area contributed by atoms with Crippen molar-refractivity contribution in [1.82, 2.24) is 4.98 Å². The molecule has 2 unspecified atom stereocenters. The molecular weight excluding hydrogens is 226 g/mol. The Kier molecular flexibility index (Phi) is 4.28. The molecule has 0 radical (unpaired) electrons. The number of nitrogens with two attached hydrogens (primary N) is 1. The molecule has 100 valence electrons. The predicted molar refractivity (Wildman–Crippen MR) is 74.9 cm³/mol. The molecule has 4 nitrogen and oxygen atoms in total. The van der Waals surface area contributed by atoms with Crippen LogP contribution < -0.4 is 15.8 Å². The Balaban J connectivity index is 2.11. The lowest BCUT2D eigenvalue weighted by Crippen LogP contribution is -2.27. The lowest BCUT2D eigenvalue weighted by atomic mass is 9.97. The summed E-state index contributed by atoms with van der Waals surface area (Å²) in [5.41, 5.74) is 6.65. The first kappa shape index (κ1) is 13.0. The maximum absolute atomic E-state index is 5.97. The summed E-state index contributed by atoms with van der Waals surface area (Å²) in [6, 6.07) is 4.10. The normalized spacial score (nSPS) is 24.3. The van der Waals surface area contributed by atoms with E-state index in [1.165, 1.54) is 32.1 Å². The Morgan fingerprint density at radius 3 is 2.83 bits per heavy atom. The molecule has 0 saturated heterocycles. The zero-order valence-corrected chi connectivity index (χ0v) is 11.3. The molecule has 1 heterocycles. The number of nitrogens with one attached hydrogen (secondary N) is 1. The molecule has 0 bridgehead atoms. The van der Waals surface area contributed by atoms with E-state index in [4.69, 9.17) is 10.5 Å². The SMILES string of the molecule is COc1ccc(N)c(NC2CCCCCC2C)n1. The van der Waals surface area contributed by atoms with Crippen molar-refractivity contribution in [2.75, 3.05) is 18.2 Å². The molecule has 18 heavy (non-hydrogen) atoms. The van der Waals surface area contributed by atoms with Crippen LogP contribution in [0.3, 0.4) is 0 Å². The average Bonchev–Trinajstić information content (AvgIpc) is 2.58. The molecule has 0 aromatic carbocycles. The molecule has 0 amide bonds. The number of nitrogen functional groups attached to an aromatic ring is 1. The van der Waals surface area contributed by atoms with Crippen LogP contribution in [-0.2, 0) is 0 Å². The molecule has 1 aromatic rings. The molecule has 0 aliphatic heterocycles. The molecule has 1 saturated carbocycles. The number of aromatic nitrogens is 1. The number of anilines is 2. The van der Waals surface area contributed by atoms with E-state index in [9.17, 15) is 0 Å². The third kappa shape index (κ3) is 3.06. The molecule has 1 aliphatic carbocycles. The average molecular weight is 249 g/mol. The van der Waals surface area contributed by atoms with Crippen molar-refractivity contribution in [2.45, 2.75) is 45.1 Å². The van der Waals surface area contributed by atoms with Gasteiger partial charge in [0.05, 0.1) is 12.8 Å². The molecule has 1 aliphatic rings. The van der Waals surface area contributed by atoms with E-state index >= 15 is 0 Å². The lowest BCUT2D eigenvalue weighted by Gasteiger charge is -2.24. The fraction of sp³-hybridized carbons (Fsp3) is 0.643. The van der Waals surface area contributed by atoms with Crippen molar-refractivity contribution in [3.63, 3.8) is 0 Å². The Bertz CT molecular complexity index is 395. The summed E-state index contributed by atoms with van der Waals surface area (Å²) in [6.07, 6.45) is 6.43. The third-order valence-electron chi connectivity index (χ3n) is 3.79. The van der Waals surface area contributed by atoms with Crippen molar-refractivity contribution in [1.29, 1.82) is 0 Å². The highest BCUT2D eigenvalue weighted by Crippen LogP contribution is 2.28. The number of ether oxygens (including phenoxy) is 1. The minimum Gasteiger partial charge on any atom is -0.481 e. The fourth-order valence-corrected chi connectivity index (χ4v) is 2.56. The number of rotatable bonds is 3. The van der Waals surface area contributed by atoms with Gasteiger partial charge in [-0.15, -0.1) is 0 Å². The maximum Gasteiger partial charge on any atom is 0.215 e. The van der Waals surface area contributed by atoms with Gasteiger partial charge in [0.1, 0.15) is 0 Å². The van der Waals surface area contributed by atoms with Crippen LogP contribution in [0.1, 0.15) is 39.0 Å². The van der Waals surface area contributed by atoms with Gasteiger partial charge in [0.15, 0.2) is 5.82 Å². The smallest absolute Gasteiger partial charge is 0.215 e. The van der Waals surface area contributed by atoms with Gasteiger partial charge in [-0.25, -0.2) is 0 Å². The first-order valence-corrected chi connectivity index (χ1v) is 6.77. The Hall–Kier alpha value is -1.45. The highest BCUT2D eigenvalue weighted by atomic mass is 16.5. The molecule has 0 spiro atoms. The van der Waals surface area contributed by atoms with E-state index in [0.29, 0.717) is 23.5 Å². The van der Waals surface area contributed by atoms with E-state index < -0.39 is 0 Å². The van der Waals surface area contributed by atoms with Crippen molar-refractivity contribution < 1.29 is 4.74 Å². The van der Waals surface area contributed by atoms with Gasteiger partial charge in [0.25, 0.3) is 0 Å². The van der Waals surface area contributed by atoms with Crippen LogP contribution >= 0.6 is 0 Å². The first-order valence-electron chi connectivity index (χ1n) is 6.77. The van der Waals surface area contributed by atoms with Gasteiger partial charge in [-0.3, -0.25) is 0 Å². The van der Waals surface area contributed by atoms with Crippen LogP contribution in [0.15, 0.2) is 12.1 Å². The molecule has 1 aromatic heterocycles. The summed E-state index contributed by atoms with van der Waals surface area (Å²) < 4.78 is 5.14. The van der Waals surface area contributed by atoms with Crippen LogP contribution in [0.2, 0.25) is 0 Å². The van der Waals surface area contributed by atoms with Gasteiger partial charge >= 0.3 is 0 Å². The van der Waals surface area contributed by atoms with Gasteiger partial charge in [0.2, 0.25) is 5.88 Å². The number of hydrogen-bond donors (Lipinski definition) is 2. The molecule has 3 N–H and O–H groups in total. The van der Waals surface area contributed by atoms with E-state index in [0.717, 1.165) is 5.82 Å². The van der Waals surface area contributed by atoms with Crippen LogP contribution in [0, 0.1) is 5.92 Å². The highest BCUT2D eigenvalue weighted by Gasteiger charge is 2.20. The van der Waals surface area contributed by atoms with Crippen molar-refractivity contribution in [3.8, 4) is 5.88 Å². The quantitative estimate of drug-likeness (QED) is 0.808. The Morgan fingerprint density at radius 2 is 2.06 bits per heavy atom. The van der Waals surface area contributed by atoms with Gasteiger partial charge in [-0.05, 0) is 24.8 Å². The Labute approximate surface area is 109 Å². The van der Waals surface area contributed by atoms with E-state index in [1.54, 1.807) is 13.2 Å². The van der Waals surface area contributed by atoms with Crippen LogP contribution in [0.5, 0.6) is 5.88 Å². The third-order valence-corrected chi connectivity index (χ3v) is 3.79. The van der Waals surface area contributed by atoms with Crippen LogP contribution in [0.25, 0.3) is 0 Å². The molecule has 2 rings (SSSR count). The number of pyridine rings is 1. The largest absolute Gasteiger partial charge is 0.481 e. The zero-order chi connectivity index (χ0) is 13.0. The van der Waals surface area contributed by atoms with Gasteiger partial charge < -0.3 is 15.8 Å². The second-order valence-corrected chi connectivity index (χ2v) is 5.16. The second kappa shape index (κ2) is 5.94. The van der Waals surface area contributed by atoms with E-state index in [-0.39, 0.29) is 0 Å². The Morgan fingerprint density at radius 1 is 1.28 bits per heavy atom. The summed E-state index contributed by atoms with van der Waals surface area (Å²) in [5.74, 6) is 2.03. The lowest BCUT2D eigenvalue weighted by molar-refractivity contribution is 0.397. The van der Waals surface area contributed by atoms with Crippen molar-refractivity contribution in [2.24, 2.45) is 5.92 Å². The van der Waals surface area contributed by atoms with Crippen molar-refractivity contribution >= 4 is 11.5 Å². The topological polar surface area (TPSA) is 60.2 Å². The first-order chi connectivity index (χ1) is 8.70. The summed E-state index contributed by atoms with van der Waals surface area (Å²) >= 11 is 0. The van der Waals surface area contributed by atoms with Crippen LogP contribution in [0.4, 0.5) is 11.5 Å². The van der Waals surface area contributed by atoms with E-state index in [1.807, 2.05) is 6.07 Å². The predicted octanol–water partition coefficient (Wildman–Crippen LogP) is 3.05. The number of nitrogens with zero attached hydrogens (tertiary/aromatic N) is 1. The molecule has 2 atom stereocenters. The molecule has 4 heteroatoms. The van der Waals surface area contributed by atoms with Crippen molar-refractivity contribution in [3.05, 3.63) is 12.1 Å². The van der Waals surface area contributed by atoms with Gasteiger partial charge in [-0.1, -0.05) is 26.2 Å². The second-order valence-electron chi connectivity index (χ2n) is 5.16. The summed E-state index contributed by atoms with van der Waals surface area (Å²) in [5, 5.41) is 3.50. The summed E-state index contributed by atoms with van der Waals surface area (Å²) in [6.45, 7) is 2.30. The minimum absolute atomic E-state index is 0.467. The number of hydrogen-bond acceptors (Lipinski definition) is 4. The zero-order valence-electron chi connectivity index (χ0n) is 11.3. The van der Waals surface area contributed by atoms with Gasteiger partial charge in [-0.2, -0.15) is 4.98 Å². The molecular formula is C14H23N3O. The fourth-order valence-electron chi connectivity index (χ4n) is 2.56. The monoisotopic (exact) mass is 249 g/mol. The maximum atomic E-state index is 5.97. The minimum atomic E-state index is 0.467. The standard InChI is InChI=1S/C14H23N3O/c1-10-6-4-3-5-7-12(10)16-14-11(15)8-9-13(17-14)18-2/h8-10,12H,3-7,15H2,1-2H3,(H,16,17). The highest BCUT2D eigenvalue weighted by molar-refractivity contribution is 5.62. The number of methoxy groups -OCH3 is 1. The summed E-state index contributed by atoms with van der Waals surface area (Å²) in [4.78, 5) is 4.39. The molecule has 1 fully saturated rings. The van der Waals surface area contributed by atoms with Gasteiger partial charge in [0, 0.05) is 12.1 Å². The summed E-state index contributed by atoms with van der Waals surface area (Å²) in [7, 11) is 1.62. The van der Waals surface area contributed by atoms with Crippen LogP contribution in [-0.4, -0.2) is 18.1 Å².